The van der Waals surface area contributed by atoms with Gasteiger partial charge in [-0.2, -0.15) is 11.8 Å². The molecule has 0 spiro atoms. The lowest BCUT2D eigenvalue weighted by molar-refractivity contribution is 0.225. The van der Waals surface area contributed by atoms with E-state index in [0.717, 1.165) is 12.6 Å². The van der Waals surface area contributed by atoms with E-state index in [4.69, 9.17) is 5.73 Å². The Morgan fingerprint density at radius 2 is 2.00 bits per heavy atom. The molecule has 0 bridgehead atoms. The third-order valence-electron chi connectivity index (χ3n) is 4.02. The van der Waals surface area contributed by atoms with Crippen LogP contribution in [-0.2, 0) is 0 Å². The highest BCUT2D eigenvalue weighted by atomic mass is 32.2. The largest absolute Gasteiger partial charge is 0.325 e. The van der Waals surface area contributed by atoms with Gasteiger partial charge in [0.15, 0.2) is 0 Å². The van der Waals surface area contributed by atoms with Gasteiger partial charge in [-0.25, -0.2) is 0 Å². The van der Waals surface area contributed by atoms with Gasteiger partial charge in [0.2, 0.25) is 0 Å². The predicted molar refractivity (Wildman–Crippen MR) is 75.1 cm³/mol. The first-order chi connectivity index (χ1) is 7.61. The maximum atomic E-state index is 6.39. The van der Waals surface area contributed by atoms with Gasteiger partial charge in [0.1, 0.15) is 0 Å². The average Bonchev–Trinajstić information content (AvgIpc) is 2.70. The molecule has 2 N–H and O–H groups in total. The summed E-state index contributed by atoms with van der Waals surface area (Å²) in [5.41, 5.74) is 6.55. The number of nitrogens with zero attached hydrogens (tertiary/aromatic N) is 1. The lowest BCUT2D eigenvalue weighted by Gasteiger charge is -2.31. The Labute approximate surface area is 105 Å². The fourth-order valence-corrected chi connectivity index (χ4v) is 3.53. The Bertz CT molecular complexity index is 190. The summed E-state index contributed by atoms with van der Waals surface area (Å²) in [5.74, 6) is 1.24. The second kappa shape index (κ2) is 6.87. The molecule has 0 aliphatic heterocycles. The maximum Gasteiger partial charge on any atom is 0.0180 e. The van der Waals surface area contributed by atoms with Crippen LogP contribution in [0.25, 0.3) is 0 Å². The van der Waals surface area contributed by atoms with E-state index in [1.54, 1.807) is 0 Å². The van der Waals surface area contributed by atoms with E-state index in [2.05, 4.69) is 25.1 Å². The van der Waals surface area contributed by atoms with Crippen LogP contribution < -0.4 is 5.73 Å². The number of hydrogen-bond donors (Lipinski definition) is 1. The summed E-state index contributed by atoms with van der Waals surface area (Å²) in [6.45, 7) is 3.45. The lowest BCUT2D eigenvalue weighted by atomic mass is 9.94. The lowest BCUT2D eigenvalue weighted by Crippen LogP contribution is -2.42. The second-order valence-electron chi connectivity index (χ2n) is 5.32. The highest BCUT2D eigenvalue weighted by molar-refractivity contribution is 7.98. The normalized spacial score (nSPS) is 21.6. The van der Waals surface area contributed by atoms with E-state index in [1.165, 1.54) is 44.3 Å². The Hall–Kier alpha value is 0.270. The number of thioether (sulfide) groups is 1. The summed E-state index contributed by atoms with van der Waals surface area (Å²) in [4.78, 5) is 2.50. The van der Waals surface area contributed by atoms with Gasteiger partial charge >= 0.3 is 0 Å². The molecule has 1 aliphatic carbocycles. The SMILES string of the molecule is CCC(CSC)N(C)CCC1(N)CCCC1. The summed E-state index contributed by atoms with van der Waals surface area (Å²) in [7, 11) is 2.25. The monoisotopic (exact) mass is 244 g/mol. The van der Waals surface area contributed by atoms with Crippen molar-refractivity contribution >= 4 is 11.8 Å². The Kier molecular flexibility index (Phi) is 6.16. The summed E-state index contributed by atoms with van der Waals surface area (Å²) >= 11 is 1.95. The Balaban J connectivity index is 2.29. The number of hydrogen-bond acceptors (Lipinski definition) is 3. The fraction of sp³-hybridized carbons (Fsp3) is 1.00. The third kappa shape index (κ3) is 4.27. The van der Waals surface area contributed by atoms with Gasteiger partial charge in [-0.3, -0.25) is 0 Å². The van der Waals surface area contributed by atoms with Crippen LogP contribution in [0.3, 0.4) is 0 Å². The predicted octanol–water partition coefficient (Wildman–Crippen LogP) is 2.72. The van der Waals surface area contributed by atoms with E-state index in [0.29, 0.717) is 0 Å². The molecule has 0 amide bonds. The highest BCUT2D eigenvalue weighted by Crippen LogP contribution is 2.30. The van der Waals surface area contributed by atoms with Crippen LogP contribution in [0.15, 0.2) is 0 Å². The third-order valence-corrected chi connectivity index (χ3v) is 4.73. The first kappa shape index (κ1) is 14.3. The van der Waals surface area contributed by atoms with Crippen LogP contribution >= 0.6 is 11.8 Å². The van der Waals surface area contributed by atoms with Gasteiger partial charge in [-0.15, -0.1) is 0 Å². The standard InChI is InChI=1S/C13H28N2S/c1-4-12(11-16-3)15(2)10-9-13(14)7-5-6-8-13/h12H,4-11,14H2,1-3H3. The van der Waals surface area contributed by atoms with Gasteiger partial charge in [-0.05, 0) is 45.5 Å². The summed E-state index contributed by atoms with van der Waals surface area (Å²) in [5, 5.41) is 0. The molecule has 0 aromatic heterocycles. The molecule has 1 fully saturated rings. The minimum atomic E-state index is 0.159. The van der Waals surface area contributed by atoms with Crippen molar-refractivity contribution in [2.45, 2.75) is 57.0 Å². The second-order valence-corrected chi connectivity index (χ2v) is 6.23. The number of nitrogens with two attached hydrogens (primary N) is 1. The molecule has 0 saturated heterocycles. The summed E-state index contributed by atoms with van der Waals surface area (Å²) < 4.78 is 0. The van der Waals surface area contributed by atoms with E-state index < -0.39 is 0 Å². The van der Waals surface area contributed by atoms with Gasteiger partial charge in [0, 0.05) is 17.3 Å². The zero-order valence-electron chi connectivity index (χ0n) is 11.2. The zero-order chi connectivity index (χ0) is 12.0. The molecular formula is C13H28N2S. The van der Waals surface area contributed by atoms with Crippen molar-refractivity contribution in [1.29, 1.82) is 0 Å². The van der Waals surface area contributed by atoms with E-state index >= 15 is 0 Å². The van der Waals surface area contributed by atoms with Crippen LogP contribution in [0.1, 0.15) is 45.4 Å². The first-order valence-electron chi connectivity index (χ1n) is 6.59. The Morgan fingerprint density at radius 3 is 2.50 bits per heavy atom. The smallest absolute Gasteiger partial charge is 0.0180 e. The quantitative estimate of drug-likeness (QED) is 0.746. The van der Waals surface area contributed by atoms with Crippen molar-refractivity contribution in [2.75, 3.05) is 25.6 Å². The van der Waals surface area contributed by atoms with Crippen molar-refractivity contribution in [1.82, 2.24) is 4.90 Å². The molecule has 1 aliphatic rings. The molecule has 1 atom stereocenters. The molecule has 0 radical (unpaired) electrons. The zero-order valence-corrected chi connectivity index (χ0v) is 12.0. The van der Waals surface area contributed by atoms with Gasteiger partial charge < -0.3 is 10.6 Å². The van der Waals surface area contributed by atoms with Crippen LogP contribution in [0.4, 0.5) is 0 Å². The van der Waals surface area contributed by atoms with Crippen LogP contribution in [0.2, 0.25) is 0 Å². The van der Waals surface area contributed by atoms with E-state index in [9.17, 15) is 0 Å². The van der Waals surface area contributed by atoms with E-state index in [1.807, 2.05) is 11.8 Å². The van der Waals surface area contributed by atoms with Crippen molar-refractivity contribution in [3.8, 4) is 0 Å². The molecule has 0 heterocycles. The molecule has 16 heavy (non-hydrogen) atoms. The van der Waals surface area contributed by atoms with Crippen molar-refractivity contribution in [3.05, 3.63) is 0 Å². The van der Waals surface area contributed by atoms with Crippen molar-refractivity contribution in [3.63, 3.8) is 0 Å². The minimum absolute atomic E-state index is 0.159. The minimum Gasteiger partial charge on any atom is -0.325 e. The molecule has 1 unspecified atom stereocenters. The van der Waals surface area contributed by atoms with Crippen LogP contribution in [0, 0.1) is 0 Å². The molecule has 96 valence electrons. The van der Waals surface area contributed by atoms with E-state index in [-0.39, 0.29) is 5.54 Å². The van der Waals surface area contributed by atoms with Crippen molar-refractivity contribution in [2.24, 2.45) is 5.73 Å². The first-order valence-corrected chi connectivity index (χ1v) is 7.99. The van der Waals surface area contributed by atoms with Crippen LogP contribution in [0.5, 0.6) is 0 Å². The van der Waals surface area contributed by atoms with Gasteiger partial charge in [0.25, 0.3) is 0 Å². The van der Waals surface area contributed by atoms with Crippen LogP contribution in [-0.4, -0.2) is 42.1 Å². The Morgan fingerprint density at radius 1 is 1.38 bits per heavy atom. The molecule has 3 heteroatoms. The number of rotatable bonds is 7. The molecule has 1 rings (SSSR count). The summed E-state index contributed by atoms with van der Waals surface area (Å²) in [6, 6.07) is 0.722. The molecule has 2 nitrogen and oxygen atoms in total. The average molecular weight is 244 g/mol. The molecular weight excluding hydrogens is 216 g/mol. The molecule has 0 aromatic rings. The van der Waals surface area contributed by atoms with Crippen molar-refractivity contribution < 1.29 is 0 Å². The summed E-state index contributed by atoms with van der Waals surface area (Å²) in [6.07, 6.45) is 9.76. The fourth-order valence-electron chi connectivity index (χ4n) is 2.66. The molecule has 1 saturated carbocycles. The topological polar surface area (TPSA) is 29.3 Å². The molecule has 0 aromatic carbocycles. The van der Waals surface area contributed by atoms with Gasteiger partial charge in [-0.1, -0.05) is 19.8 Å². The van der Waals surface area contributed by atoms with Gasteiger partial charge in [0.05, 0.1) is 0 Å². The maximum absolute atomic E-state index is 6.39. The highest BCUT2D eigenvalue weighted by Gasteiger charge is 2.29.